The first-order valence-electron chi connectivity index (χ1n) is 22.9. The molecule has 312 valence electrons. The SMILES string of the molecule is c1ccc2c(c1)cc(-c1ccc(N(c3ccc(-c4cccc5oc6c7ccccc7ccc6c45)cc3)c3ccc(-c4cccc5oc6c7ccccc7ccc6c45)cc3)cc1)c1ccccc12. The lowest BCUT2D eigenvalue weighted by molar-refractivity contribution is 0.672. The minimum absolute atomic E-state index is 0.890. The van der Waals surface area contributed by atoms with Crippen LogP contribution in [0.3, 0.4) is 0 Å². The predicted molar refractivity (Wildman–Crippen MR) is 282 cm³/mol. The van der Waals surface area contributed by atoms with Gasteiger partial charge in [0.2, 0.25) is 0 Å². The third-order valence-corrected chi connectivity index (χ3v) is 13.9. The maximum absolute atomic E-state index is 6.58. The van der Waals surface area contributed by atoms with E-state index >= 15 is 0 Å². The molecule has 0 N–H and O–H groups in total. The third-order valence-electron chi connectivity index (χ3n) is 13.9. The van der Waals surface area contributed by atoms with E-state index in [2.05, 4.69) is 241 Å². The van der Waals surface area contributed by atoms with Crippen LogP contribution in [0.4, 0.5) is 17.1 Å². The summed E-state index contributed by atoms with van der Waals surface area (Å²) in [6, 6.07) is 85.2. The van der Waals surface area contributed by atoms with E-state index in [0.29, 0.717) is 0 Å². The molecule has 0 saturated carbocycles. The van der Waals surface area contributed by atoms with Gasteiger partial charge >= 0.3 is 0 Å². The maximum Gasteiger partial charge on any atom is 0.143 e. The molecule has 0 saturated heterocycles. The third kappa shape index (κ3) is 5.92. The summed E-state index contributed by atoms with van der Waals surface area (Å²) in [5.41, 5.74) is 13.8. The number of anilines is 3. The van der Waals surface area contributed by atoms with Gasteiger partial charge in [0.05, 0.1) is 0 Å². The van der Waals surface area contributed by atoms with Gasteiger partial charge in [0.15, 0.2) is 0 Å². The molecule has 0 amide bonds. The zero-order valence-electron chi connectivity index (χ0n) is 36.3. The topological polar surface area (TPSA) is 29.5 Å². The fraction of sp³-hybridized carbons (Fsp3) is 0. The number of nitrogens with zero attached hydrogens (tertiary/aromatic N) is 1. The minimum Gasteiger partial charge on any atom is -0.455 e. The number of hydrogen-bond acceptors (Lipinski definition) is 3. The van der Waals surface area contributed by atoms with Crippen LogP contribution in [0.25, 0.3) is 120 Å². The second kappa shape index (κ2) is 14.8. The smallest absolute Gasteiger partial charge is 0.143 e. The molecule has 0 bridgehead atoms. The van der Waals surface area contributed by atoms with Crippen LogP contribution in [-0.2, 0) is 0 Å². The predicted octanol–water partition coefficient (Wildman–Crippen LogP) is 18.6. The molecule has 0 atom stereocenters. The van der Waals surface area contributed by atoms with Crippen LogP contribution in [0.5, 0.6) is 0 Å². The highest BCUT2D eigenvalue weighted by molar-refractivity contribution is 6.20. The Morgan fingerprint density at radius 1 is 0.254 bits per heavy atom. The first-order valence-corrected chi connectivity index (χ1v) is 22.9. The van der Waals surface area contributed by atoms with Crippen molar-refractivity contribution in [2.24, 2.45) is 0 Å². The Bertz CT molecular complexity index is 4060. The maximum atomic E-state index is 6.58. The van der Waals surface area contributed by atoms with E-state index in [-0.39, 0.29) is 0 Å². The van der Waals surface area contributed by atoms with Gasteiger partial charge in [-0.1, -0.05) is 170 Å². The van der Waals surface area contributed by atoms with Gasteiger partial charge in [-0.3, -0.25) is 0 Å². The Labute approximate surface area is 386 Å². The van der Waals surface area contributed by atoms with E-state index in [1.807, 2.05) is 0 Å². The van der Waals surface area contributed by atoms with Gasteiger partial charge in [0.25, 0.3) is 0 Å². The van der Waals surface area contributed by atoms with Crippen LogP contribution in [0.1, 0.15) is 0 Å². The average Bonchev–Trinajstić information content (AvgIpc) is 3.99. The zero-order valence-corrected chi connectivity index (χ0v) is 36.3. The Kier molecular flexibility index (Phi) is 8.28. The Balaban J connectivity index is 0.891. The van der Waals surface area contributed by atoms with Crippen LogP contribution < -0.4 is 4.90 Å². The lowest BCUT2D eigenvalue weighted by atomic mass is 9.93. The van der Waals surface area contributed by atoms with Crippen LogP contribution in [-0.4, -0.2) is 0 Å². The highest BCUT2D eigenvalue weighted by Crippen LogP contribution is 2.44. The Morgan fingerprint density at radius 3 is 1.15 bits per heavy atom. The molecule has 14 aromatic rings. The van der Waals surface area contributed by atoms with Crippen molar-refractivity contribution in [3.8, 4) is 33.4 Å². The van der Waals surface area contributed by atoms with Crippen molar-refractivity contribution in [2.45, 2.75) is 0 Å². The fourth-order valence-electron chi connectivity index (χ4n) is 10.7. The Hall–Kier alpha value is -8.92. The molecule has 0 aliphatic heterocycles. The highest BCUT2D eigenvalue weighted by atomic mass is 16.3. The van der Waals surface area contributed by atoms with Crippen LogP contribution in [0.2, 0.25) is 0 Å². The number of rotatable bonds is 6. The largest absolute Gasteiger partial charge is 0.455 e. The van der Waals surface area contributed by atoms with Gasteiger partial charge < -0.3 is 13.7 Å². The molecule has 67 heavy (non-hydrogen) atoms. The van der Waals surface area contributed by atoms with Gasteiger partial charge in [-0.2, -0.15) is 0 Å². The van der Waals surface area contributed by atoms with Gasteiger partial charge in [-0.25, -0.2) is 0 Å². The number of benzene rings is 12. The van der Waals surface area contributed by atoms with E-state index in [1.165, 1.54) is 43.4 Å². The van der Waals surface area contributed by atoms with E-state index in [9.17, 15) is 0 Å². The molecule has 0 aliphatic rings. The number of fused-ring (bicyclic) bond motifs is 13. The summed E-state index contributed by atoms with van der Waals surface area (Å²) in [6.07, 6.45) is 0. The quantitative estimate of drug-likeness (QED) is 0.156. The zero-order chi connectivity index (χ0) is 44.0. The summed E-state index contributed by atoms with van der Waals surface area (Å²) >= 11 is 0. The highest BCUT2D eigenvalue weighted by Gasteiger charge is 2.19. The van der Waals surface area contributed by atoms with Crippen LogP contribution in [0.15, 0.2) is 245 Å². The van der Waals surface area contributed by atoms with Crippen molar-refractivity contribution in [1.29, 1.82) is 0 Å². The average molecular weight is 854 g/mol. The first kappa shape index (κ1) is 37.5. The van der Waals surface area contributed by atoms with Crippen LogP contribution >= 0.6 is 0 Å². The van der Waals surface area contributed by atoms with E-state index in [1.54, 1.807) is 0 Å². The minimum atomic E-state index is 0.890. The van der Waals surface area contributed by atoms with Crippen molar-refractivity contribution >= 4 is 104 Å². The standard InChI is InChI=1S/C64H39NO2/c1-5-15-52-40(11-1)29-37-56-61-50(19-9-21-59(61)66-63(52)56)42-23-31-46(32-24-42)65(48-35-27-44(28-36-48)58-39-45-13-3-4-14-49(45)54-17-7-8-18-55(54)58)47-33-25-43(26-34-47)51-20-10-22-60-62(51)57-38-30-41-12-2-6-16-53(41)64(57)67-60/h1-39H. The summed E-state index contributed by atoms with van der Waals surface area (Å²) in [6.45, 7) is 0. The van der Waals surface area contributed by atoms with Crippen molar-refractivity contribution < 1.29 is 8.83 Å². The van der Waals surface area contributed by atoms with Gasteiger partial charge in [-0.05, 0) is 132 Å². The van der Waals surface area contributed by atoms with Crippen molar-refractivity contribution in [1.82, 2.24) is 0 Å². The summed E-state index contributed by atoms with van der Waals surface area (Å²) in [5, 5.41) is 14.1. The molecular formula is C64H39NO2. The monoisotopic (exact) mass is 853 g/mol. The van der Waals surface area contributed by atoms with Crippen molar-refractivity contribution in [3.05, 3.63) is 237 Å². The summed E-state index contributed by atoms with van der Waals surface area (Å²) < 4.78 is 13.2. The molecule has 0 unspecified atom stereocenters. The molecule has 3 nitrogen and oxygen atoms in total. The molecule has 0 aliphatic carbocycles. The van der Waals surface area contributed by atoms with Crippen molar-refractivity contribution in [2.75, 3.05) is 4.90 Å². The van der Waals surface area contributed by atoms with Gasteiger partial charge in [0.1, 0.15) is 22.3 Å². The first-order chi connectivity index (χ1) is 33.2. The molecule has 12 aromatic carbocycles. The van der Waals surface area contributed by atoms with E-state index in [0.717, 1.165) is 94.0 Å². The molecule has 3 heteroatoms. The Morgan fingerprint density at radius 2 is 0.657 bits per heavy atom. The number of hydrogen-bond donors (Lipinski definition) is 0. The molecule has 0 spiro atoms. The fourth-order valence-corrected chi connectivity index (χ4v) is 10.7. The van der Waals surface area contributed by atoms with Crippen LogP contribution in [0, 0.1) is 0 Å². The summed E-state index contributed by atoms with van der Waals surface area (Å²) in [4.78, 5) is 2.36. The lowest BCUT2D eigenvalue weighted by Crippen LogP contribution is -2.09. The van der Waals surface area contributed by atoms with E-state index < -0.39 is 0 Å². The van der Waals surface area contributed by atoms with Gasteiger partial charge in [-0.15, -0.1) is 0 Å². The summed E-state index contributed by atoms with van der Waals surface area (Å²) in [7, 11) is 0. The molecule has 2 heterocycles. The second-order valence-electron chi connectivity index (χ2n) is 17.6. The summed E-state index contributed by atoms with van der Waals surface area (Å²) in [5.74, 6) is 0. The van der Waals surface area contributed by atoms with Crippen molar-refractivity contribution in [3.63, 3.8) is 0 Å². The molecule has 14 rings (SSSR count). The normalized spacial score (nSPS) is 11.9. The van der Waals surface area contributed by atoms with Gasteiger partial charge in [0, 0.05) is 49.4 Å². The molecule has 2 aromatic heterocycles. The molecule has 0 radical (unpaired) electrons. The lowest BCUT2D eigenvalue weighted by Gasteiger charge is -2.26. The second-order valence-corrected chi connectivity index (χ2v) is 17.6. The molecular weight excluding hydrogens is 815 g/mol. The van der Waals surface area contributed by atoms with E-state index in [4.69, 9.17) is 8.83 Å². The number of furan rings is 2. The molecule has 0 fully saturated rings.